The second-order valence-electron chi connectivity index (χ2n) is 3.84. The lowest BCUT2D eigenvalue weighted by molar-refractivity contribution is -0.149. The first-order valence-corrected chi connectivity index (χ1v) is 4.77. The summed E-state index contributed by atoms with van der Waals surface area (Å²) in [5.74, 6) is 0.220. The van der Waals surface area contributed by atoms with Crippen molar-refractivity contribution in [3.05, 3.63) is 0 Å². The quantitative estimate of drug-likeness (QED) is 0.587. The highest BCUT2D eigenvalue weighted by atomic mass is 35.5. The van der Waals surface area contributed by atoms with Crippen LogP contribution in [0.5, 0.6) is 0 Å². The van der Waals surface area contributed by atoms with E-state index in [9.17, 15) is 9.59 Å². The van der Waals surface area contributed by atoms with Crippen molar-refractivity contribution in [3.63, 3.8) is 0 Å². The minimum absolute atomic E-state index is 0.0313. The smallest absolute Gasteiger partial charge is 0.228 e. The molecule has 2 saturated carbocycles. The molecule has 0 N–H and O–H groups in total. The van der Waals surface area contributed by atoms with Gasteiger partial charge in [0.25, 0.3) is 0 Å². The van der Waals surface area contributed by atoms with Crippen molar-refractivity contribution in [3.8, 4) is 0 Å². The molecular weight excluding hydrogens is 176 g/mol. The molecule has 0 aromatic rings. The summed E-state index contributed by atoms with van der Waals surface area (Å²) in [5, 5.41) is -0.285. The zero-order valence-electron chi connectivity index (χ0n) is 6.81. The molecule has 66 valence electrons. The van der Waals surface area contributed by atoms with Gasteiger partial charge in [-0.05, 0) is 37.3 Å². The molecule has 0 aromatic heterocycles. The van der Waals surface area contributed by atoms with Gasteiger partial charge in [-0.1, -0.05) is 0 Å². The Morgan fingerprint density at radius 2 is 2.25 bits per heavy atom. The summed E-state index contributed by atoms with van der Waals surface area (Å²) in [6.07, 6.45) is 4.01. The van der Waals surface area contributed by atoms with Crippen molar-refractivity contribution in [2.24, 2.45) is 11.3 Å². The molecule has 0 aromatic carbocycles. The predicted molar refractivity (Wildman–Crippen MR) is 44.9 cm³/mol. The van der Waals surface area contributed by atoms with Crippen LogP contribution in [0.15, 0.2) is 0 Å². The Labute approximate surface area is 76.3 Å². The summed E-state index contributed by atoms with van der Waals surface area (Å²) >= 11 is 5.52. The van der Waals surface area contributed by atoms with Crippen LogP contribution in [-0.2, 0) is 9.59 Å². The van der Waals surface area contributed by atoms with E-state index in [0.717, 1.165) is 25.7 Å². The van der Waals surface area contributed by atoms with E-state index in [2.05, 4.69) is 0 Å². The molecule has 2 rings (SSSR count). The Morgan fingerprint density at radius 3 is 2.67 bits per heavy atom. The first-order valence-electron chi connectivity index (χ1n) is 4.39. The fraction of sp³-hybridized carbons (Fsp3) is 0.778. The molecule has 12 heavy (non-hydrogen) atoms. The highest BCUT2D eigenvalue weighted by Gasteiger charge is 2.56. The zero-order chi connectivity index (χ0) is 8.77. The number of rotatable bonds is 1. The standard InChI is InChI=1S/C9H11ClO2/c10-8(12)9-4-1-2-7(11)6(9)3-5-9/h6H,1-5H2. The van der Waals surface area contributed by atoms with E-state index >= 15 is 0 Å². The number of hydrogen-bond donors (Lipinski definition) is 0. The highest BCUT2D eigenvalue weighted by Crippen LogP contribution is 2.55. The summed E-state index contributed by atoms with van der Waals surface area (Å²) in [5.41, 5.74) is -0.434. The number of Topliss-reactive ketones (excluding diaryl/α,β-unsaturated/α-hetero) is 1. The fourth-order valence-electron chi connectivity index (χ4n) is 2.49. The lowest BCUT2D eigenvalue weighted by Crippen LogP contribution is -2.51. The Morgan fingerprint density at radius 1 is 1.50 bits per heavy atom. The van der Waals surface area contributed by atoms with Crippen molar-refractivity contribution in [2.45, 2.75) is 32.1 Å². The maximum atomic E-state index is 11.4. The second kappa shape index (κ2) is 2.56. The average Bonchev–Trinajstić information content (AvgIpc) is 1.92. The molecule has 3 heteroatoms. The van der Waals surface area contributed by atoms with E-state index in [1.807, 2.05) is 0 Å². The number of fused-ring (bicyclic) bond motifs is 1. The predicted octanol–water partition coefficient (Wildman–Crippen LogP) is 1.90. The maximum Gasteiger partial charge on any atom is 0.228 e. The Balaban J connectivity index is 2.25. The van der Waals surface area contributed by atoms with Crippen LogP contribution in [0.4, 0.5) is 0 Å². The van der Waals surface area contributed by atoms with E-state index in [1.165, 1.54) is 0 Å². The molecule has 0 aliphatic heterocycles. The molecule has 2 fully saturated rings. The first-order chi connectivity index (χ1) is 5.67. The minimum atomic E-state index is -0.434. The van der Waals surface area contributed by atoms with Crippen LogP contribution in [0, 0.1) is 11.3 Å². The summed E-state index contributed by atoms with van der Waals surface area (Å²) in [6.45, 7) is 0. The number of carbonyl (C=O) groups is 2. The molecule has 0 heterocycles. The SMILES string of the molecule is O=C1CCCC2(C(=O)Cl)CCC12. The van der Waals surface area contributed by atoms with Gasteiger partial charge in [0.15, 0.2) is 0 Å². The van der Waals surface area contributed by atoms with Crippen LogP contribution in [-0.4, -0.2) is 11.0 Å². The van der Waals surface area contributed by atoms with Gasteiger partial charge in [-0.2, -0.15) is 0 Å². The molecule has 0 radical (unpaired) electrons. The van der Waals surface area contributed by atoms with E-state index in [1.54, 1.807) is 0 Å². The molecule has 0 bridgehead atoms. The third-order valence-electron chi connectivity index (χ3n) is 3.37. The van der Waals surface area contributed by atoms with Crippen LogP contribution >= 0.6 is 11.6 Å². The third-order valence-corrected chi connectivity index (χ3v) is 3.75. The van der Waals surface area contributed by atoms with Crippen LogP contribution in [0.1, 0.15) is 32.1 Å². The maximum absolute atomic E-state index is 11.4. The highest BCUT2D eigenvalue weighted by molar-refractivity contribution is 6.65. The minimum Gasteiger partial charge on any atom is -0.299 e. The lowest BCUT2D eigenvalue weighted by Gasteiger charge is -2.48. The van der Waals surface area contributed by atoms with Gasteiger partial charge in [0, 0.05) is 12.3 Å². The van der Waals surface area contributed by atoms with E-state index < -0.39 is 5.41 Å². The summed E-state index contributed by atoms with van der Waals surface area (Å²) in [7, 11) is 0. The molecule has 2 aliphatic carbocycles. The summed E-state index contributed by atoms with van der Waals surface area (Å²) < 4.78 is 0. The van der Waals surface area contributed by atoms with Crippen molar-refractivity contribution >= 4 is 22.6 Å². The molecule has 2 nitrogen and oxygen atoms in total. The normalized spacial score (nSPS) is 40.1. The van der Waals surface area contributed by atoms with Gasteiger partial charge in [-0.3, -0.25) is 9.59 Å². The van der Waals surface area contributed by atoms with Gasteiger partial charge in [-0.25, -0.2) is 0 Å². The molecule has 2 aliphatic rings. The number of carbonyl (C=O) groups excluding carboxylic acids is 2. The summed E-state index contributed by atoms with van der Waals surface area (Å²) in [6, 6.07) is 0. The zero-order valence-corrected chi connectivity index (χ0v) is 7.56. The Kier molecular flexibility index (Phi) is 1.76. The molecule has 0 saturated heterocycles. The Hall–Kier alpha value is -0.370. The average molecular weight is 187 g/mol. The van der Waals surface area contributed by atoms with E-state index in [-0.39, 0.29) is 16.9 Å². The van der Waals surface area contributed by atoms with Gasteiger partial charge >= 0.3 is 0 Å². The van der Waals surface area contributed by atoms with Crippen molar-refractivity contribution in [1.82, 2.24) is 0 Å². The van der Waals surface area contributed by atoms with Crippen LogP contribution in [0.2, 0.25) is 0 Å². The molecular formula is C9H11ClO2. The van der Waals surface area contributed by atoms with Crippen molar-refractivity contribution < 1.29 is 9.59 Å². The fourth-order valence-corrected chi connectivity index (χ4v) is 2.81. The van der Waals surface area contributed by atoms with Crippen molar-refractivity contribution in [1.29, 1.82) is 0 Å². The van der Waals surface area contributed by atoms with Gasteiger partial charge in [0.2, 0.25) is 5.24 Å². The first kappa shape index (κ1) is 8.24. The number of hydrogen-bond acceptors (Lipinski definition) is 2. The van der Waals surface area contributed by atoms with E-state index in [4.69, 9.17) is 11.6 Å². The molecule has 0 amide bonds. The number of ketones is 1. The van der Waals surface area contributed by atoms with Crippen LogP contribution in [0.25, 0.3) is 0 Å². The number of halogens is 1. The van der Waals surface area contributed by atoms with Crippen LogP contribution in [0.3, 0.4) is 0 Å². The molecule has 2 atom stereocenters. The summed E-state index contributed by atoms with van der Waals surface area (Å²) in [4.78, 5) is 22.5. The van der Waals surface area contributed by atoms with Gasteiger partial charge in [0.1, 0.15) is 5.78 Å². The van der Waals surface area contributed by atoms with Crippen molar-refractivity contribution in [2.75, 3.05) is 0 Å². The lowest BCUT2D eigenvalue weighted by atomic mass is 9.54. The monoisotopic (exact) mass is 186 g/mol. The van der Waals surface area contributed by atoms with Crippen LogP contribution < -0.4 is 0 Å². The largest absolute Gasteiger partial charge is 0.299 e. The molecule has 2 unspecified atom stereocenters. The van der Waals surface area contributed by atoms with Gasteiger partial charge in [0.05, 0.1) is 5.41 Å². The topological polar surface area (TPSA) is 34.1 Å². The van der Waals surface area contributed by atoms with Gasteiger partial charge in [-0.15, -0.1) is 0 Å². The van der Waals surface area contributed by atoms with Gasteiger partial charge < -0.3 is 0 Å². The third kappa shape index (κ3) is 0.875. The Bertz CT molecular complexity index is 247. The van der Waals surface area contributed by atoms with E-state index in [0.29, 0.717) is 6.42 Å². The second-order valence-corrected chi connectivity index (χ2v) is 4.18. The molecule has 0 spiro atoms.